The van der Waals surface area contributed by atoms with Crippen LogP contribution in [0.15, 0.2) is 97.3 Å². The highest BCUT2D eigenvalue weighted by Gasteiger charge is 2.22. The molecule has 0 spiro atoms. The van der Waals surface area contributed by atoms with Crippen LogP contribution in [0.2, 0.25) is 5.02 Å². The molecule has 0 radical (unpaired) electrons. The van der Waals surface area contributed by atoms with Gasteiger partial charge in [-0.1, -0.05) is 84.4 Å². The summed E-state index contributed by atoms with van der Waals surface area (Å²) in [5.41, 5.74) is 3.58. The molecule has 0 aliphatic carbocycles. The summed E-state index contributed by atoms with van der Waals surface area (Å²) < 4.78 is 4.53. The molecule has 1 heterocycles. The van der Waals surface area contributed by atoms with Crippen LogP contribution in [-0.4, -0.2) is 4.57 Å². The summed E-state index contributed by atoms with van der Waals surface area (Å²) in [4.78, 5) is 0. The van der Waals surface area contributed by atoms with Crippen molar-refractivity contribution in [2.24, 2.45) is 0 Å². The van der Waals surface area contributed by atoms with E-state index in [1.807, 2.05) is 30.3 Å². The topological polar surface area (TPSA) is 8.81 Å². The van der Waals surface area contributed by atoms with Crippen molar-refractivity contribution < 1.29 is 4.57 Å². The summed E-state index contributed by atoms with van der Waals surface area (Å²) in [5, 5.41) is 0.766. The summed E-state index contributed by atoms with van der Waals surface area (Å²) in [6.45, 7) is 1.62. The van der Waals surface area contributed by atoms with E-state index in [-0.39, 0.29) is 0 Å². The van der Waals surface area contributed by atoms with E-state index in [1.165, 1.54) is 11.1 Å². The van der Waals surface area contributed by atoms with E-state index in [2.05, 4.69) is 76.1 Å². The van der Waals surface area contributed by atoms with Crippen LogP contribution in [0.5, 0.6) is 0 Å². The minimum Gasteiger partial charge on any atom is -0.226 e. The number of aromatic nitrogens is 2. The summed E-state index contributed by atoms with van der Waals surface area (Å²) in [7, 11) is 0. The second kappa shape index (κ2) is 7.59. The lowest BCUT2D eigenvalue weighted by Gasteiger charge is -2.07. The standard InChI is InChI=1S/C23H20ClN2/c24-22-14-8-7-13-21(22)23-25(17-19-9-3-1-4-10-19)15-16-26(23)18-20-11-5-2-6-12-20/h1-16H,17-18H2/q+1. The first-order valence-electron chi connectivity index (χ1n) is 8.72. The van der Waals surface area contributed by atoms with E-state index in [4.69, 9.17) is 11.6 Å². The lowest BCUT2D eigenvalue weighted by atomic mass is 10.1. The molecule has 0 N–H and O–H groups in total. The zero-order valence-electron chi connectivity index (χ0n) is 14.4. The summed E-state index contributed by atoms with van der Waals surface area (Å²) in [6.07, 6.45) is 4.27. The third kappa shape index (κ3) is 3.56. The van der Waals surface area contributed by atoms with E-state index >= 15 is 0 Å². The molecule has 128 valence electrons. The number of hydrogen-bond donors (Lipinski definition) is 0. The Hall–Kier alpha value is -2.84. The highest BCUT2D eigenvalue weighted by Crippen LogP contribution is 2.26. The maximum Gasteiger partial charge on any atom is 0.290 e. The molecule has 0 unspecified atom stereocenters. The van der Waals surface area contributed by atoms with Gasteiger partial charge in [-0.05, 0) is 23.3 Å². The molecule has 0 fully saturated rings. The lowest BCUT2D eigenvalue weighted by molar-refractivity contribution is -0.676. The summed E-state index contributed by atoms with van der Waals surface area (Å²) in [6, 6.07) is 29.0. The van der Waals surface area contributed by atoms with Crippen LogP contribution in [0.3, 0.4) is 0 Å². The molecule has 0 bridgehead atoms. The molecule has 4 rings (SSSR count). The Bertz CT molecular complexity index is 932. The van der Waals surface area contributed by atoms with E-state index in [9.17, 15) is 0 Å². The molecule has 2 nitrogen and oxygen atoms in total. The van der Waals surface area contributed by atoms with Gasteiger partial charge in [-0.25, -0.2) is 9.13 Å². The Morgan fingerprint density at radius 1 is 0.731 bits per heavy atom. The first-order chi connectivity index (χ1) is 12.8. The van der Waals surface area contributed by atoms with Gasteiger partial charge in [0.05, 0.1) is 10.6 Å². The average Bonchev–Trinajstić information content (AvgIpc) is 3.06. The number of nitrogens with zero attached hydrogens (tertiary/aromatic N) is 2. The monoisotopic (exact) mass is 359 g/mol. The molecule has 0 saturated heterocycles. The molecule has 3 heteroatoms. The van der Waals surface area contributed by atoms with Crippen molar-refractivity contribution in [1.82, 2.24) is 4.57 Å². The SMILES string of the molecule is Clc1ccccc1-c1n(Cc2ccccc2)cc[n+]1Cc1ccccc1. The highest BCUT2D eigenvalue weighted by atomic mass is 35.5. The van der Waals surface area contributed by atoms with Gasteiger partial charge in [0.1, 0.15) is 25.5 Å². The van der Waals surface area contributed by atoms with Crippen molar-refractivity contribution in [2.45, 2.75) is 13.1 Å². The van der Waals surface area contributed by atoms with Gasteiger partial charge in [0.25, 0.3) is 5.82 Å². The highest BCUT2D eigenvalue weighted by molar-refractivity contribution is 6.33. The van der Waals surface area contributed by atoms with Gasteiger partial charge in [0, 0.05) is 0 Å². The molecule has 0 amide bonds. The molecule has 4 aromatic rings. The van der Waals surface area contributed by atoms with Gasteiger partial charge in [-0.15, -0.1) is 0 Å². The molecular formula is C23H20ClN2+. The van der Waals surface area contributed by atoms with E-state index in [0.29, 0.717) is 0 Å². The number of rotatable bonds is 5. The number of benzene rings is 3. The van der Waals surface area contributed by atoms with Gasteiger partial charge in [0.2, 0.25) is 0 Å². The fourth-order valence-electron chi connectivity index (χ4n) is 3.23. The Kier molecular flexibility index (Phi) is 4.85. The largest absolute Gasteiger partial charge is 0.290 e. The van der Waals surface area contributed by atoms with Crippen LogP contribution in [0.1, 0.15) is 11.1 Å². The van der Waals surface area contributed by atoms with E-state index in [1.54, 1.807) is 0 Å². The van der Waals surface area contributed by atoms with E-state index < -0.39 is 0 Å². The van der Waals surface area contributed by atoms with Crippen molar-refractivity contribution >= 4 is 11.6 Å². The molecule has 0 atom stereocenters. The molecule has 1 aromatic heterocycles. The third-order valence-electron chi connectivity index (χ3n) is 4.48. The van der Waals surface area contributed by atoms with Crippen LogP contribution < -0.4 is 4.57 Å². The first kappa shape index (κ1) is 16.6. The van der Waals surface area contributed by atoms with Crippen LogP contribution >= 0.6 is 11.6 Å². The van der Waals surface area contributed by atoms with Crippen LogP contribution in [0, 0.1) is 0 Å². The Morgan fingerprint density at radius 2 is 1.35 bits per heavy atom. The molecule has 0 aliphatic heterocycles. The Morgan fingerprint density at radius 3 is 2.04 bits per heavy atom. The van der Waals surface area contributed by atoms with Gasteiger partial charge >= 0.3 is 0 Å². The normalized spacial score (nSPS) is 10.8. The fourth-order valence-corrected chi connectivity index (χ4v) is 3.45. The number of halogens is 1. The second-order valence-electron chi connectivity index (χ2n) is 6.33. The van der Waals surface area contributed by atoms with Crippen LogP contribution in [0.25, 0.3) is 11.4 Å². The predicted octanol–water partition coefficient (Wildman–Crippen LogP) is 5.19. The van der Waals surface area contributed by atoms with Crippen molar-refractivity contribution in [3.63, 3.8) is 0 Å². The predicted molar refractivity (Wildman–Crippen MR) is 106 cm³/mol. The molecule has 0 aliphatic rings. The minimum atomic E-state index is 0.766. The molecule has 0 saturated carbocycles. The maximum atomic E-state index is 6.54. The number of hydrogen-bond acceptors (Lipinski definition) is 0. The van der Waals surface area contributed by atoms with Crippen molar-refractivity contribution in [2.75, 3.05) is 0 Å². The van der Waals surface area contributed by atoms with Gasteiger partial charge in [-0.3, -0.25) is 0 Å². The smallest absolute Gasteiger partial charge is 0.226 e. The van der Waals surface area contributed by atoms with Crippen molar-refractivity contribution in [3.8, 4) is 11.4 Å². The quantitative estimate of drug-likeness (QED) is 0.433. The summed E-state index contributed by atoms with van der Waals surface area (Å²) >= 11 is 6.54. The fraction of sp³-hybridized carbons (Fsp3) is 0.0870. The zero-order valence-corrected chi connectivity index (χ0v) is 15.2. The van der Waals surface area contributed by atoms with Crippen molar-refractivity contribution in [1.29, 1.82) is 0 Å². The molecule has 26 heavy (non-hydrogen) atoms. The third-order valence-corrected chi connectivity index (χ3v) is 4.81. The van der Waals surface area contributed by atoms with Crippen LogP contribution in [0.4, 0.5) is 0 Å². The number of imidazole rings is 1. The minimum absolute atomic E-state index is 0.766. The van der Waals surface area contributed by atoms with Gasteiger partial charge in [0.15, 0.2) is 0 Å². The van der Waals surface area contributed by atoms with Crippen molar-refractivity contribution in [3.05, 3.63) is 113 Å². The second-order valence-corrected chi connectivity index (χ2v) is 6.74. The van der Waals surface area contributed by atoms with Crippen LogP contribution in [-0.2, 0) is 13.1 Å². The molecule has 3 aromatic carbocycles. The lowest BCUT2D eigenvalue weighted by Crippen LogP contribution is -2.35. The summed E-state index contributed by atoms with van der Waals surface area (Å²) in [5.74, 6) is 1.11. The average molecular weight is 360 g/mol. The Balaban J connectivity index is 1.78. The van der Waals surface area contributed by atoms with Gasteiger partial charge in [-0.2, -0.15) is 0 Å². The zero-order chi connectivity index (χ0) is 17.8. The first-order valence-corrected chi connectivity index (χ1v) is 9.10. The Labute approximate surface area is 158 Å². The maximum absolute atomic E-state index is 6.54. The van der Waals surface area contributed by atoms with Gasteiger partial charge < -0.3 is 0 Å². The van der Waals surface area contributed by atoms with E-state index in [0.717, 1.165) is 29.5 Å². The molecular weight excluding hydrogens is 340 g/mol.